The van der Waals surface area contributed by atoms with Gasteiger partial charge in [-0.15, -0.1) is 0 Å². The predicted octanol–water partition coefficient (Wildman–Crippen LogP) is 3.87. The summed E-state index contributed by atoms with van der Waals surface area (Å²) >= 11 is 6.59. The Balaban J connectivity index is 2.16. The van der Waals surface area contributed by atoms with Crippen LogP contribution in [0.2, 0.25) is 5.02 Å². The van der Waals surface area contributed by atoms with Crippen molar-refractivity contribution in [3.05, 3.63) is 39.9 Å². The number of ether oxygens (including phenoxy) is 7. The zero-order valence-electron chi connectivity index (χ0n) is 24.1. The van der Waals surface area contributed by atoms with Crippen molar-refractivity contribution in [1.29, 1.82) is 0 Å². The first kappa shape index (κ1) is 32.5. The van der Waals surface area contributed by atoms with E-state index in [1.54, 1.807) is 25.3 Å². The number of esters is 4. The molecule has 0 bridgehead atoms. The Labute approximate surface area is 244 Å². The van der Waals surface area contributed by atoms with Crippen LogP contribution < -0.4 is 0 Å². The highest BCUT2D eigenvalue weighted by Crippen LogP contribution is 2.44. The van der Waals surface area contributed by atoms with Crippen LogP contribution in [-0.2, 0) is 58.1 Å². The summed E-state index contributed by atoms with van der Waals surface area (Å²) in [6.07, 6.45) is 0.331. The number of carbonyl (C=O) groups excluding carboxylic acids is 4. The average molecular weight is 597 g/mol. The van der Waals surface area contributed by atoms with Gasteiger partial charge in [0.25, 0.3) is 0 Å². The second-order valence-corrected chi connectivity index (χ2v) is 10.4. The maximum absolute atomic E-state index is 12.3. The van der Waals surface area contributed by atoms with E-state index in [2.05, 4.69) is 0 Å². The summed E-state index contributed by atoms with van der Waals surface area (Å²) < 4.78 is 39.7. The molecule has 1 aliphatic carbocycles. The van der Waals surface area contributed by atoms with E-state index < -0.39 is 54.1 Å². The molecule has 11 nitrogen and oxygen atoms in total. The molecule has 3 rings (SSSR count). The van der Waals surface area contributed by atoms with E-state index in [0.717, 1.165) is 39.5 Å². The van der Waals surface area contributed by atoms with Crippen molar-refractivity contribution in [1.82, 2.24) is 0 Å². The number of methoxy groups -OCH3 is 2. The minimum atomic E-state index is -1.89. The van der Waals surface area contributed by atoms with Crippen molar-refractivity contribution in [3.63, 3.8) is 0 Å². The van der Waals surface area contributed by atoms with Gasteiger partial charge in [-0.1, -0.05) is 29.3 Å². The van der Waals surface area contributed by atoms with Crippen LogP contribution in [0.15, 0.2) is 23.8 Å². The Kier molecular flexibility index (Phi) is 11.3. The summed E-state index contributed by atoms with van der Waals surface area (Å²) in [5, 5.41) is 0.465. The zero-order valence-corrected chi connectivity index (χ0v) is 24.9. The molecule has 1 saturated heterocycles. The van der Waals surface area contributed by atoms with Crippen molar-refractivity contribution >= 4 is 41.6 Å². The highest BCUT2D eigenvalue weighted by atomic mass is 35.5. The number of hydrogen-bond acceptors (Lipinski definition) is 11. The average Bonchev–Trinajstić information content (AvgIpc) is 2.91. The summed E-state index contributed by atoms with van der Waals surface area (Å²) in [6.45, 7) is 4.31. The first-order chi connectivity index (χ1) is 19.4. The molecule has 2 fully saturated rings. The Bertz CT molecular complexity index is 1160. The van der Waals surface area contributed by atoms with Gasteiger partial charge in [-0.25, -0.2) is 0 Å². The molecular formula is C29H37ClO11. The lowest BCUT2D eigenvalue weighted by Gasteiger charge is -2.50. The molecule has 1 heterocycles. The van der Waals surface area contributed by atoms with Gasteiger partial charge in [0.1, 0.15) is 12.7 Å². The van der Waals surface area contributed by atoms with Crippen LogP contribution in [0, 0.1) is 0 Å². The molecule has 41 heavy (non-hydrogen) atoms. The molecule has 1 aromatic rings. The second-order valence-electron chi connectivity index (χ2n) is 9.98. The first-order valence-corrected chi connectivity index (χ1v) is 13.7. The van der Waals surface area contributed by atoms with Crippen molar-refractivity contribution in [2.75, 3.05) is 20.8 Å². The van der Waals surface area contributed by atoms with Crippen LogP contribution >= 0.6 is 11.6 Å². The topological polar surface area (TPSA) is 133 Å². The maximum atomic E-state index is 12.3. The molecular weight excluding hydrogens is 560 g/mol. The smallest absolute Gasteiger partial charge is 0.303 e. The van der Waals surface area contributed by atoms with Gasteiger partial charge in [-0.3, -0.25) is 19.2 Å². The molecule has 1 aliphatic heterocycles. The number of hydrogen-bond donors (Lipinski definition) is 0. The van der Waals surface area contributed by atoms with Crippen molar-refractivity contribution in [3.8, 4) is 0 Å². The fourth-order valence-corrected chi connectivity index (χ4v) is 5.39. The molecule has 0 N–H and O–H groups in total. The highest BCUT2D eigenvalue weighted by molar-refractivity contribution is 6.32. The van der Waals surface area contributed by atoms with Crippen LogP contribution in [0.1, 0.15) is 64.5 Å². The Morgan fingerprint density at radius 3 is 2.07 bits per heavy atom. The molecule has 12 heteroatoms. The maximum Gasteiger partial charge on any atom is 0.303 e. The van der Waals surface area contributed by atoms with E-state index in [0.29, 0.717) is 16.1 Å². The minimum Gasteiger partial charge on any atom is -0.463 e. The van der Waals surface area contributed by atoms with Gasteiger partial charge < -0.3 is 33.2 Å². The van der Waals surface area contributed by atoms with Gasteiger partial charge in [0.15, 0.2) is 12.2 Å². The van der Waals surface area contributed by atoms with Gasteiger partial charge in [0.2, 0.25) is 11.9 Å². The summed E-state index contributed by atoms with van der Waals surface area (Å²) in [7, 11) is 3.03. The van der Waals surface area contributed by atoms with Crippen LogP contribution in [0.4, 0.5) is 0 Å². The number of benzene rings is 1. The number of halogens is 1. The third kappa shape index (κ3) is 8.06. The summed E-state index contributed by atoms with van der Waals surface area (Å²) in [4.78, 5) is 48.4. The third-order valence-corrected chi connectivity index (χ3v) is 7.35. The molecule has 0 aromatic heterocycles. The molecule has 2 unspecified atom stereocenters. The highest BCUT2D eigenvalue weighted by Gasteiger charge is 2.61. The van der Waals surface area contributed by atoms with E-state index in [-0.39, 0.29) is 12.7 Å². The van der Waals surface area contributed by atoms with Gasteiger partial charge >= 0.3 is 23.9 Å². The van der Waals surface area contributed by atoms with Gasteiger partial charge in [-0.05, 0) is 43.4 Å². The number of rotatable bonds is 9. The van der Waals surface area contributed by atoms with Crippen molar-refractivity contribution in [2.45, 2.75) is 89.7 Å². The molecule has 2 aliphatic rings. The van der Waals surface area contributed by atoms with E-state index in [1.165, 1.54) is 26.5 Å². The third-order valence-electron chi connectivity index (χ3n) is 7.01. The minimum absolute atomic E-state index is 0.211. The van der Waals surface area contributed by atoms with Gasteiger partial charge in [0.05, 0.1) is 6.10 Å². The first-order valence-electron chi connectivity index (χ1n) is 13.3. The Morgan fingerprint density at radius 1 is 0.927 bits per heavy atom. The fraction of sp³-hybridized carbons (Fsp3) is 0.586. The molecule has 1 saturated carbocycles. The summed E-state index contributed by atoms with van der Waals surface area (Å²) in [5.41, 5.74) is 2.23. The lowest BCUT2D eigenvalue weighted by molar-refractivity contribution is -0.367. The van der Waals surface area contributed by atoms with Crippen molar-refractivity contribution in [2.24, 2.45) is 0 Å². The SMILES string of the molecule is COC1CCC(=Cc2cc(C3(OC)O[C@H](COC(C)=O)[C@@H](OC(C)=O)C(OC(C)=O)[C@H]3OC(C)=O)ccc2Cl)CC1. The second kappa shape index (κ2) is 14.3. The molecule has 226 valence electrons. The largest absolute Gasteiger partial charge is 0.463 e. The lowest BCUT2D eigenvalue weighted by Crippen LogP contribution is -2.67. The van der Waals surface area contributed by atoms with E-state index >= 15 is 0 Å². The van der Waals surface area contributed by atoms with E-state index in [4.69, 9.17) is 44.8 Å². The molecule has 0 spiro atoms. The van der Waals surface area contributed by atoms with Crippen LogP contribution in [-0.4, -0.2) is 75.2 Å². The molecule has 5 atom stereocenters. The number of allylic oxidation sites excluding steroid dienone is 1. The summed E-state index contributed by atoms with van der Waals surface area (Å²) in [6, 6.07) is 5.02. The van der Waals surface area contributed by atoms with Crippen molar-refractivity contribution < 1.29 is 52.3 Å². The predicted molar refractivity (Wildman–Crippen MR) is 146 cm³/mol. The standard InChI is InChI=1S/C29H37ClO11/c1-16(31)37-15-25-26(38-17(2)32)27(39-18(3)33)28(40-19(4)34)29(36-6,41-25)22-9-12-24(30)21(14-22)13-20-7-10-23(35-5)11-8-20/h9,12-14,23,25-28H,7-8,10-11,15H2,1-6H3/t23?,25-,26-,27?,28-,29?/m1/s1. The normalized spacial score (nSPS) is 27.9. The quantitative estimate of drug-likeness (QED) is 0.304. The molecule has 1 aromatic carbocycles. The zero-order chi connectivity index (χ0) is 30.3. The fourth-order valence-electron chi connectivity index (χ4n) is 5.21. The van der Waals surface area contributed by atoms with Gasteiger partial charge in [-0.2, -0.15) is 0 Å². The molecule has 0 amide bonds. The Hall–Kier alpha value is -2.99. The van der Waals surface area contributed by atoms with E-state index in [1.807, 2.05) is 6.08 Å². The van der Waals surface area contributed by atoms with Gasteiger partial charge in [0, 0.05) is 52.5 Å². The monoisotopic (exact) mass is 596 g/mol. The van der Waals surface area contributed by atoms with Crippen LogP contribution in [0.5, 0.6) is 0 Å². The van der Waals surface area contributed by atoms with Crippen LogP contribution in [0.3, 0.4) is 0 Å². The van der Waals surface area contributed by atoms with E-state index in [9.17, 15) is 19.2 Å². The van der Waals surface area contributed by atoms with Crippen LogP contribution in [0.25, 0.3) is 6.08 Å². The lowest BCUT2D eigenvalue weighted by atomic mass is 9.86. The number of carbonyl (C=O) groups is 4. The summed E-state index contributed by atoms with van der Waals surface area (Å²) in [5.74, 6) is -4.70. The molecule has 0 radical (unpaired) electrons. The Morgan fingerprint density at radius 2 is 1.54 bits per heavy atom.